The Hall–Kier alpha value is -1.58. The van der Waals surface area contributed by atoms with E-state index in [0.717, 1.165) is 31.1 Å². The van der Waals surface area contributed by atoms with Crippen molar-refractivity contribution in [1.29, 1.82) is 0 Å². The van der Waals surface area contributed by atoms with Crippen molar-refractivity contribution in [2.24, 2.45) is 16.6 Å². The Morgan fingerprint density at radius 1 is 1.29 bits per heavy atom. The lowest BCUT2D eigenvalue weighted by Crippen LogP contribution is -2.42. The van der Waals surface area contributed by atoms with Crippen LogP contribution in [0.1, 0.15) is 49.6 Å². The number of rotatable bonds is 2. The number of aliphatic imine (C=N–C) groups is 1. The maximum Gasteiger partial charge on any atom is 0.191 e. The van der Waals surface area contributed by atoms with Crippen LogP contribution < -0.4 is 5.73 Å². The lowest BCUT2D eigenvalue weighted by Gasteiger charge is -2.31. The van der Waals surface area contributed by atoms with Gasteiger partial charge in [-0.15, -0.1) is 0 Å². The van der Waals surface area contributed by atoms with E-state index in [1.54, 1.807) is 0 Å². The number of fused-ring (bicyclic) bond motifs is 1. The van der Waals surface area contributed by atoms with Crippen LogP contribution in [0, 0.1) is 5.92 Å². The fourth-order valence-corrected chi connectivity index (χ4v) is 3.22. The Morgan fingerprint density at radius 3 is 2.86 bits per heavy atom. The SMILES string of the molecule is CC1CCN(C(N)=NCc2ccc3c(n2)CCCC3)CC1. The second kappa shape index (κ2) is 6.46. The molecule has 2 aliphatic rings. The van der Waals surface area contributed by atoms with Crippen molar-refractivity contribution in [1.82, 2.24) is 9.88 Å². The van der Waals surface area contributed by atoms with Gasteiger partial charge in [-0.3, -0.25) is 4.98 Å². The van der Waals surface area contributed by atoms with Crippen LogP contribution >= 0.6 is 0 Å². The molecule has 0 saturated carbocycles. The maximum absolute atomic E-state index is 6.13. The van der Waals surface area contributed by atoms with Crippen LogP contribution in [0.25, 0.3) is 0 Å². The number of hydrogen-bond donors (Lipinski definition) is 1. The molecule has 1 saturated heterocycles. The third kappa shape index (κ3) is 3.55. The van der Waals surface area contributed by atoms with Gasteiger partial charge in [-0.1, -0.05) is 13.0 Å². The molecule has 114 valence electrons. The monoisotopic (exact) mass is 286 g/mol. The lowest BCUT2D eigenvalue weighted by molar-refractivity contribution is 0.277. The summed E-state index contributed by atoms with van der Waals surface area (Å²) in [6.45, 7) is 4.98. The van der Waals surface area contributed by atoms with E-state index >= 15 is 0 Å². The highest BCUT2D eigenvalue weighted by molar-refractivity contribution is 5.78. The van der Waals surface area contributed by atoms with Gasteiger partial charge in [0.05, 0.1) is 12.2 Å². The summed E-state index contributed by atoms with van der Waals surface area (Å²) in [5.41, 5.74) is 9.87. The average Bonchev–Trinajstić information content (AvgIpc) is 2.53. The second-order valence-electron chi connectivity index (χ2n) is 6.46. The summed E-state index contributed by atoms with van der Waals surface area (Å²) in [5, 5.41) is 0. The first-order valence-electron chi connectivity index (χ1n) is 8.25. The quantitative estimate of drug-likeness (QED) is 0.671. The molecule has 2 heterocycles. The predicted molar refractivity (Wildman–Crippen MR) is 86.2 cm³/mol. The van der Waals surface area contributed by atoms with Gasteiger partial charge in [-0.25, -0.2) is 4.99 Å². The smallest absolute Gasteiger partial charge is 0.191 e. The van der Waals surface area contributed by atoms with Gasteiger partial charge in [0, 0.05) is 18.8 Å². The lowest BCUT2D eigenvalue weighted by atomic mass is 9.96. The van der Waals surface area contributed by atoms with E-state index in [9.17, 15) is 0 Å². The first kappa shape index (κ1) is 14.4. The Morgan fingerprint density at radius 2 is 2.05 bits per heavy atom. The van der Waals surface area contributed by atoms with Crippen LogP contribution in [0.15, 0.2) is 17.1 Å². The summed E-state index contributed by atoms with van der Waals surface area (Å²) in [6, 6.07) is 4.34. The third-order valence-electron chi connectivity index (χ3n) is 4.75. The van der Waals surface area contributed by atoms with Crippen LogP contribution in [-0.4, -0.2) is 28.9 Å². The molecule has 0 unspecified atom stereocenters. The number of aromatic nitrogens is 1. The molecule has 4 nitrogen and oxygen atoms in total. The summed E-state index contributed by atoms with van der Waals surface area (Å²) in [7, 11) is 0. The fourth-order valence-electron chi connectivity index (χ4n) is 3.22. The van der Waals surface area contributed by atoms with Crippen molar-refractivity contribution < 1.29 is 0 Å². The Bertz CT molecular complexity index is 516. The van der Waals surface area contributed by atoms with Crippen LogP contribution in [0.3, 0.4) is 0 Å². The highest BCUT2D eigenvalue weighted by Gasteiger charge is 2.17. The number of nitrogens with zero attached hydrogens (tertiary/aromatic N) is 3. The molecule has 2 N–H and O–H groups in total. The third-order valence-corrected chi connectivity index (χ3v) is 4.75. The Balaban J connectivity index is 1.62. The summed E-state index contributed by atoms with van der Waals surface area (Å²) >= 11 is 0. The number of hydrogen-bond acceptors (Lipinski definition) is 2. The zero-order valence-corrected chi connectivity index (χ0v) is 13.0. The normalized spacial score (nSPS) is 20.4. The van der Waals surface area contributed by atoms with Crippen molar-refractivity contribution in [2.75, 3.05) is 13.1 Å². The standard InChI is InChI=1S/C17H26N4/c1-13-8-10-21(11-9-13)17(18)19-12-15-7-6-14-4-2-3-5-16(14)20-15/h6-7,13H,2-5,8-12H2,1H3,(H2,18,19). The number of guanidine groups is 1. The van der Waals surface area contributed by atoms with Gasteiger partial charge >= 0.3 is 0 Å². The maximum atomic E-state index is 6.13. The highest BCUT2D eigenvalue weighted by Crippen LogP contribution is 2.20. The molecule has 1 aromatic rings. The number of nitrogens with two attached hydrogens (primary N) is 1. The molecule has 4 heteroatoms. The van der Waals surface area contributed by atoms with Crippen molar-refractivity contribution in [2.45, 2.75) is 52.0 Å². The molecule has 3 rings (SSSR count). The van der Waals surface area contributed by atoms with Gasteiger partial charge in [0.2, 0.25) is 0 Å². The largest absolute Gasteiger partial charge is 0.370 e. The van der Waals surface area contributed by atoms with E-state index in [1.807, 2.05) is 0 Å². The molecule has 0 spiro atoms. The second-order valence-corrected chi connectivity index (χ2v) is 6.46. The van der Waals surface area contributed by atoms with Gasteiger partial charge in [0.15, 0.2) is 5.96 Å². The number of pyridine rings is 1. The van der Waals surface area contributed by atoms with Gasteiger partial charge in [0.1, 0.15) is 0 Å². The van der Waals surface area contributed by atoms with E-state index in [4.69, 9.17) is 10.7 Å². The van der Waals surface area contributed by atoms with Gasteiger partial charge in [-0.2, -0.15) is 0 Å². The molecular weight excluding hydrogens is 260 g/mol. The Kier molecular flexibility index (Phi) is 4.42. The van der Waals surface area contributed by atoms with E-state index < -0.39 is 0 Å². The van der Waals surface area contributed by atoms with Crippen LogP contribution in [0.5, 0.6) is 0 Å². The van der Waals surface area contributed by atoms with Gasteiger partial charge in [0.25, 0.3) is 0 Å². The van der Waals surface area contributed by atoms with E-state index in [2.05, 4.69) is 28.9 Å². The van der Waals surface area contributed by atoms with Crippen LogP contribution in [-0.2, 0) is 19.4 Å². The fraction of sp³-hybridized carbons (Fsp3) is 0.647. The van der Waals surface area contributed by atoms with Gasteiger partial charge < -0.3 is 10.6 Å². The van der Waals surface area contributed by atoms with Crippen LogP contribution in [0.2, 0.25) is 0 Å². The molecule has 0 radical (unpaired) electrons. The molecule has 0 atom stereocenters. The molecule has 1 aromatic heterocycles. The molecule has 1 aliphatic carbocycles. The molecule has 21 heavy (non-hydrogen) atoms. The number of aryl methyl sites for hydroxylation is 2. The summed E-state index contributed by atoms with van der Waals surface area (Å²) in [5.74, 6) is 1.50. The van der Waals surface area contributed by atoms with Crippen molar-refractivity contribution in [3.63, 3.8) is 0 Å². The average molecular weight is 286 g/mol. The minimum absolute atomic E-state index is 0.602. The molecule has 0 amide bonds. The first-order chi connectivity index (χ1) is 10.2. The number of piperidine rings is 1. The summed E-state index contributed by atoms with van der Waals surface area (Å²) < 4.78 is 0. The zero-order chi connectivity index (χ0) is 14.7. The molecule has 0 bridgehead atoms. The topological polar surface area (TPSA) is 54.5 Å². The van der Waals surface area contributed by atoms with Gasteiger partial charge in [-0.05, 0) is 56.1 Å². The van der Waals surface area contributed by atoms with E-state index in [0.29, 0.717) is 12.5 Å². The van der Waals surface area contributed by atoms with E-state index in [1.165, 1.54) is 43.4 Å². The first-order valence-corrected chi connectivity index (χ1v) is 8.25. The minimum Gasteiger partial charge on any atom is -0.370 e. The van der Waals surface area contributed by atoms with Crippen molar-refractivity contribution >= 4 is 5.96 Å². The molecule has 1 fully saturated rings. The van der Waals surface area contributed by atoms with Crippen molar-refractivity contribution in [3.05, 3.63) is 29.1 Å². The summed E-state index contributed by atoms with van der Waals surface area (Å²) in [4.78, 5) is 11.5. The van der Waals surface area contributed by atoms with Crippen LogP contribution in [0.4, 0.5) is 0 Å². The molecule has 0 aromatic carbocycles. The van der Waals surface area contributed by atoms with E-state index in [-0.39, 0.29) is 0 Å². The molecular formula is C17H26N4. The summed E-state index contributed by atoms with van der Waals surface area (Å²) in [6.07, 6.45) is 7.29. The zero-order valence-electron chi connectivity index (χ0n) is 13.0. The number of likely N-dealkylation sites (tertiary alicyclic amines) is 1. The molecule has 1 aliphatic heterocycles. The highest BCUT2D eigenvalue weighted by atomic mass is 15.3. The Labute approximate surface area is 127 Å². The predicted octanol–water partition coefficient (Wildman–Crippen LogP) is 2.51. The van der Waals surface area contributed by atoms with Crippen molar-refractivity contribution in [3.8, 4) is 0 Å². The minimum atomic E-state index is 0.602.